The number of aliphatic hydroxyl groups excluding tert-OH is 1. The van der Waals surface area contributed by atoms with Crippen molar-refractivity contribution in [2.45, 2.75) is 32.0 Å². The Hall–Kier alpha value is -1.10. The lowest BCUT2D eigenvalue weighted by Crippen LogP contribution is -2.49. The van der Waals surface area contributed by atoms with Gasteiger partial charge in [-0.15, -0.1) is 0 Å². The van der Waals surface area contributed by atoms with E-state index in [2.05, 4.69) is 36.1 Å². The van der Waals surface area contributed by atoms with Crippen molar-refractivity contribution >= 4 is 5.69 Å². The molecular weight excluding hydrogens is 228 g/mol. The van der Waals surface area contributed by atoms with Gasteiger partial charge in [0, 0.05) is 24.3 Å². The number of morpholine rings is 1. The molecule has 0 radical (unpaired) electrons. The van der Waals surface area contributed by atoms with Gasteiger partial charge < -0.3 is 20.5 Å². The number of benzene rings is 1. The lowest BCUT2D eigenvalue weighted by molar-refractivity contribution is -0.0103. The van der Waals surface area contributed by atoms with Gasteiger partial charge in [-0.2, -0.15) is 0 Å². The van der Waals surface area contributed by atoms with Gasteiger partial charge in [-0.05, 0) is 31.5 Å². The van der Waals surface area contributed by atoms with Crippen molar-refractivity contribution in [1.29, 1.82) is 0 Å². The fourth-order valence-electron chi connectivity index (χ4n) is 2.26. The monoisotopic (exact) mass is 250 g/mol. The number of hydrogen-bond donors (Lipinski definition) is 2. The molecular formula is C14H22N2O2. The van der Waals surface area contributed by atoms with E-state index < -0.39 is 0 Å². The van der Waals surface area contributed by atoms with E-state index in [9.17, 15) is 5.11 Å². The van der Waals surface area contributed by atoms with E-state index in [1.807, 2.05) is 6.92 Å². The minimum absolute atomic E-state index is 0.0614. The van der Waals surface area contributed by atoms with Crippen LogP contribution in [-0.2, 0) is 4.74 Å². The Balaban J connectivity index is 2.13. The number of nitrogens with two attached hydrogens (primary N) is 1. The van der Waals surface area contributed by atoms with Gasteiger partial charge in [0.15, 0.2) is 0 Å². The summed E-state index contributed by atoms with van der Waals surface area (Å²) in [6.07, 6.45) is -0.0886. The molecule has 1 aliphatic heterocycles. The molecule has 1 fully saturated rings. The zero-order chi connectivity index (χ0) is 13.1. The second-order valence-electron chi connectivity index (χ2n) is 5.02. The topological polar surface area (TPSA) is 58.7 Å². The van der Waals surface area contributed by atoms with Crippen LogP contribution in [0.4, 0.5) is 5.69 Å². The molecule has 0 saturated carbocycles. The summed E-state index contributed by atoms with van der Waals surface area (Å²) in [4.78, 5) is 2.27. The Bertz CT molecular complexity index is 378. The van der Waals surface area contributed by atoms with Gasteiger partial charge in [0.25, 0.3) is 0 Å². The van der Waals surface area contributed by atoms with Crippen LogP contribution in [0.1, 0.15) is 25.5 Å². The number of ether oxygens (including phenoxy) is 1. The van der Waals surface area contributed by atoms with Crippen LogP contribution >= 0.6 is 0 Å². The third-order valence-electron chi connectivity index (χ3n) is 3.46. The number of anilines is 1. The van der Waals surface area contributed by atoms with Gasteiger partial charge in [0.05, 0.1) is 19.3 Å². The highest BCUT2D eigenvalue weighted by molar-refractivity contribution is 5.49. The molecule has 1 aromatic carbocycles. The first kappa shape index (κ1) is 13.3. The first-order chi connectivity index (χ1) is 8.61. The predicted octanol–water partition coefficient (Wildman–Crippen LogP) is 1.29. The maximum atomic E-state index is 9.19. The molecule has 100 valence electrons. The molecule has 1 aromatic rings. The fourth-order valence-corrected chi connectivity index (χ4v) is 2.26. The molecule has 4 nitrogen and oxygen atoms in total. The highest BCUT2D eigenvalue weighted by atomic mass is 16.5. The quantitative estimate of drug-likeness (QED) is 0.849. The minimum atomic E-state index is -0.0886. The second kappa shape index (κ2) is 5.69. The lowest BCUT2D eigenvalue weighted by atomic mass is 10.1. The Morgan fingerprint density at radius 1 is 1.44 bits per heavy atom. The molecule has 1 heterocycles. The molecule has 18 heavy (non-hydrogen) atoms. The Morgan fingerprint density at radius 3 is 2.67 bits per heavy atom. The summed E-state index contributed by atoms with van der Waals surface area (Å²) < 4.78 is 5.54. The lowest BCUT2D eigenvalue weighted by Gasteiger charge is -2.39. The summed E-state index contributed by atoms with van der Waals surface area (Å²) in [5.74, 6) is 0. The maximum absolute atomic E-state index is 9.19. The fraction of sp³-hybridized carbons (Fsp3) is 0.571. The molecule has 1 saturated heterocycles. The van der Waals surface area contributed by atoms with E-state index in [1.165, 1.54) is 0 Å². The third kappa shape index (κ3) is 2.83. The van der Waals surface area contributed by atoms with Crippen LogP contribution in [0.3, 0.4) is 0 Å². The Morgan fingerprint density at radius 2 is 2.11 bits per heavy atom. The summed E-state index contributed by atoms with van der Waals surface area (Å²) in [6, 6.07) is 8.70. The van der Waals surface area contributed by atoms with Gasteiger partial charge in [-0.3, -0.25) is 0 Å². The zero-order valence-corrected chi connectivity index (χ0v) is 11.0. The normalized spacial score (nSPS) is 26.1. The zero-order valence-electron chi connectivity index (χ0n) is 11.0. The summed E-state index contributed by atoms with van der Waals surface area (Å²) in [7, 11) is 0. The van der Waals surface area contributed by atoms with E-state index in [1.54, 1.807) is 0 Å². The molecule has 2 rings (SSSR count). The Labute approximate surface area is 108 Å². The molecule has 3 atom stereocenters. The van der Waals surface area contributed by atoms with Crippen molar-refractivity contribution < 1.29 is 9.84 Å². The first-order valence-electron chi connectivity index (χ1n) is 6.46. The van der Waals surface area contributed by atoms with E-state index in [0.29, 0.717) is 12.6 Å². The van der Waals surface area contributed by atoms with Crippen LogP contribution in [0.5, 0.6) is 0 Å². The second-order valence-corrected chi connectivity index (χ2v) is 5.02. The summed E-state index contributed by atoms with van der Waals surface area (Å²) in [5, 5.41) is 9.19. The van der Waals surface area contributed by atoms with Crippen LogP contribution in [-0.4, -0.2) is 37.0 Å². The van der Waals surface area contributed by atoms with Crippen molar-refractivity contribution in [3.63, 3.8) is 0 Å². The van der Waals surface area contributed by atoms with Gasteiger partial charge in [-0.1, -0.05) is 12.1 Å². The van der Waals surface area contributed by atoms with Gasteiger partial charge in [0.1, 0.15) is 0 Å². The van der Waals surface area contributed by atoms with Crippen molar-refractivity contribution in [3.8, 4) is 0 Å². The molecule has 2 unspecified atom stereocenters. The minimum Gasteiger partial charge on any atom is -0.394 e. The molecule has 1 aliphatic rings. The molecule has 0 spiro atoms. The smallest absolute Gasteiger partial charge is 0.0981 e. The first-order valence-corrected chi connectivity index (χ1v) is 6.46. The van der Waals surface area contributed by atoms with E-state index >= 15 is 0 Å². The SMILES string of the molecule is CC1COC(CO)CN1c1ccc([C@@H](C)N)cc1. The number of nitrogens with zero attached hydrogens (tertiary/aromatic N) is 1. The standard InChI is InChI=1S/C14H22N2O2/c1-10-9-18-14(8-17)7-16(10)13-5-3-12(4-6-13)11(2)15/h3-6,10-11,14,17H,7-9,15H2,1-2H3/t10?,11-,14?/m1/s1. The van der Waals surface area contributed by atoms with Gasteiger partial charge >= 0.3 is 0 Å². The van der Waals surface area contributed by atoms with Gasteiger partial charge in [0.2, 0.25) is 0 Å². The van der Waals surface area contributed by atoms with Crippen LogP contribution in [0.2, 0.25) is 0 Å². The summed E-state index contributed by atoms with van der Waals surface area (Å²) >= 11 is 0. The van der Waals surface area contributed by atoms with Crippen molar-refractivity contribution in [2.24, 2.45) is 5.73 Å². The highest BCUT2D eigenvalue weighted by Crippen LogP contribution is 2.23. The van der Waals surface area contributed by atoms with Crippen molar-refractivity contribution in [1.82, 2.24) is 0 Å². The third-order valence-corrected chi connectivity index (χ3v) is 3.46. The van der Waals surface area contributed by atoms with Crippen LogP contribution < -0.4 is 10.6 Å². The van der Waals surface area contributed by atoms with Crippen LogP contribution in [0, 0.1) is 0 Å². The van der Waals surface area contributed by atoms with Crippen LogP contribution in [0.15, 0.2) is 24.3 Å². The molecule has 3 N–H and O–H groups in total. The summed E-state index contributed by atoms with van der Waals surface area (Å²) in [6.45, 7) is 5.57. The number of hydrogen-bond acceptors (Lipinski definition) is 4. The van der Waals surface area contributed by atoms with Crippen molar-refractivity contribution in [2.75, 3.05) is 24.7 Å². The molecule has 0 aliphatic carbocycles. The largest absolute Gasteiger partial charge is 0.394 e. The van der Waals surface area contributed by atoms with E-state index in [-0.39, 0.29) is 18.8 Å². The number of aliphatic hydroxyl groups is 1. The van der Waals surface area contributed by atoms with Crippen LogP contribution in [0.25, 0.3) is 0 Å². The Kier molecular flexibility index (Phi) is 4.22. The summed E-state index contributed by atoms with van der Waals surface area (Å²) in [5.41, 5.74) is 8.14. The molecule has 0 bridgehead atoms. The van der Waals surface area contributed by atoms with E-state index in [0.717, 1.165) is 17.8 Å². The average molecular weight is 250 g/mol. The van der Waals surface area contributed by atoms with E-state index in [4.69, 9.17) is 10.5 Å². The molecule has 0 amide bonds. The molecule has 4 heteroatoms. The highest BCUT2D eigenvalue weighted by Gasteiger charge is 2.25. The van der Waals surface area contributed by atoms with Gasteiger partial charge in [-0.25, -0.2) is 0 Å². The average Bonchev–Trinajstić information content (AvgIpc) is 2.39. The number of rotatable bonds is 3. The predicted molar refractivity (Wildman–Crippen MR) is 72.7 cm³/mol. The van der Waals surface area contributed by atoms with Crippen molar-refractivity contribution in [3.05, 3.63) is 29.8 Å². The maximum Gasteiger partial charge on any atom is 0.0981 e. The molecule has 0 aromatic heterocycles.